The van der Waals surface area contributed by atoms with Crippen LogP contribution in [0.15, 0.2) is 30.3 Å². The molecular formula is C21H28N2O4. The van der Waals surface area contributed by atoms with Gasteiger partial charge in [0, 0.05) is 24.9 Å². The molecule has 1 aromatic carbocycles. The van der Waals surface area contributed by atoms with E-state index in [-0.39, 0.29) is 30.4 Å². The Hall–Kier alpha value is -2.37. The van der Waals surface area contributed by atoms with Gasteiger partial charge >= 0.3 is 5.97 Å². The van der Waals surface area contributed by atoms with Crippen LogP contribution in [-0.4, -0.2) is 48.9 Å². The number of carbonyl (C=O) groups excluding carboxylic acids is 3. The lowest BCUT2D eigenvalue weighted by molar-refractivity contribution is -0.152. The summed E-state index contributed by atoms with van der Waals surface area (Å²) in [5.74, 6) is -0.835. The number of hydrogen-bond acceptors (Lipinski definition) is 4. The van der Waals surface area contributed by atoms with Crippen LogP contribution in [-0.2, 0) is 24.5 Å². The van der Waals surface area contributed by atoms with Crippen molar-refractivity contribution in [1.82, 2.24) is 10.2 Å². The molecule has 1 heterocycles. The minimum Gasteiger partial charge on any atom is -0.454 e. The van der Waals surface area contributed by atoms with E-state index in [4.69, 9.17) is 4.74 Å². The summed E-state index contributed by atoms with van der Waals surface area (Å²) in [6.07, 6.45) is 6.52. The molecule has 0 unspecified atom stereocenters. The molecule has 0 aromatic heterocycles. The van der Waals surface area contributed by atoms with Crippen LogP contribution in [0.2, 0.25) is 0 Å². The van der Waals surface area contributed by atoms with Crippen LogP contribution in [0.4, 0.5) is 0 Å². The van der Waals surface area contributed by atoms with Gasteiger partial charge in [-0.25, -0.2) is 0 Å². The van der Waals surface area contributed by atoms with Crippen LogP contribution < -0.4 is 5.32 Å². The van der Waals surface area contributed by atoms with Crippen molar-refractivity contribution in [3.8, 4) is 0 Å². The second-order valence-corrected chi connectivity index (χ2v) is 7.56. The first-order valence-electron chi connectivity index (χ1n) is 9.85. The molecule has 2 amide bonds. The molecule has 2 aliphatic rings. The number of nitrogens with zero attached hydrogens (tertiary/aromatic N) is 1. The Balaban J connectivity index is 1.41. The van der Waals surface area contributed by atoms with Crippen molar-refractivity contribution >= 4 is 17.8 Å². The van der Waals surface area contributed by atoms with Gasteiger partial charge in [-0.05, 0) is 31.2 Å². The highest BCUT2D eigenvalue weighted by Gasteiger charge is 2.38. The van der Waals surface area contributed by atoms with E-state index in [0.717, 1.165) is 38.5 Å². The van der Waals surface area contributed by atoms with Crippen molar-refractivity contribution in [3.05, 3.63) is 35.9 Å². The van der Waals surface area contributed by atoms with E-state index in [2.05, 4.69) is 17.4 Å². The van der Waals surface area contributed by atoms with Crippen LogP contribution >= 0.6 is 0 Å². The molecule has 6 nitrogen and oxygen atoms in total. The third-order valence-corrected chi connectivity index (χ3v) is 5.68. The monoisotopic (exact) mass is 372 g/mol. The molecule has 0 radical (unpaired) electrons. The van der Waals surface area contributed by atoms with Crippen LogP contribution in [0.3, 0.4) is 0 Å². The van der Waals surface area contributed by atoms with Gasteiger partial charge in [0.05, 0.1) is 0 Å². The smallest absolute Gasteiger partial charge is 0.326 e. The molecule has 3 rings (SSSR count). The van der Waals surface area contributed by atoms with E-state index in [0.29, 0.717) is 19.5 Å². The number of likely N-dealkylation sites (tertiary alicyclic amines) is 1. The highest BCUT2D eigenvalue weighted by molar-refractivity contribution is 5.84. The number of hydrogen-bond donors (Lipinski definition) is 1. The van der Waals surface area contributed by atoms with E-state index >= 15 is 0 Å². The van der Waals surface area contributed by atoms with Crippen LogP contribution in [0, 0.1) is 0 Å². The first-order valence-corrected chi connectivity index (χ1v) is 9.85. The molecule has 0 atom stereocenters. The lowest BCUT2D eigenvalue weighted by Crippen LogP contribution is -2.46. The van der Waals surface area contributed by atoms with Crippen LogP contribution in [0.1, 0.15) is 50.5 Å². The molecule has 2 fully saturated rings. The molecule has 1 saturated heterocycles. The number of amides is 2. The Bertz CT molecular complexity index is 670. The molecule has 1 aliphatic heterocycles. The van der Waals surface area contributed by atoms with Crippen LogP contribution in [0.25, 0.3) is 0 Å². The number of benzene rings is 1. The minimum atomic E-state index is -0.526. The summed E-state index contributed by atoms with van der Waals surface area (Å²) in [4.78, 5) is 37.5. The fraction of sp³-hybridized carbons (Fsp3) is 0.571. The van der Waals surface area contributed by atoms with Gasteiger partial charge in [0.15, 0.2) is 6.61 Å². The maximum Gasteiger partial charge on any atom is 0.326 e. The van der Waals surface area contributed by atoms with Crippen LogP contribution in [0.5, 0.6) is 0 Å². The van der Waals surface area contributed by atoms with Gasteiger partial charge in [0.25, 0.3) is 5.91 Å². The van der Waals surface area contributed by atoms with E-state index in [1.54, 1.807) is 0 Å². The Morgan fingerprint density at radius 3 is 2.56 bits per heavy atom. The largest absolute Gasteiger partial charge is 0.454 e. The summed E-state index contributed by atoms with van der Waals surface area (Å²) < 4.78 is 5.07. The fourth-order valence-corrected chi connectivity index (χ4v) is 3.83. The van der Waals surface area contributed by atoms with Gasteiger partial charge < -0.3 is 15.0 Å². The highest BCUT2D eigenvalue weighted by atomic mass is 16.5. The van der Waals surface area contributed by atoms with Crippen molar-refractivity contribution in [2.45, 2.75) is 50.4 Å². The predicted molar refractivity (Wildman–Crippen MR) is 101 cm³/mol. The topological polar surface area (TPSA) is 75.7 Å². The molecular weight excluding hydrogens is 344 g/mol. The summed E-state index contributed by atoms with van der Waals surface area (Å²) in [6.45, 7) is 0.767. The van der Waals surface area contributed by atoms with Gasteiger partial charge in [-0.3, -0.25) is 14.4 Å². The normalized spacial score (nSPS) is 19.0. The number of nitrogens with one attached hydrogen (secondary N) is 1. The second-order valence-electron chi connectivity index (χ2n) is 7.56. The number of rotatable bonds is 7. The fourth-order valence-electron chi connectivity index (χ4n) is 3.83. The SMILES string of the molecule is O=C(COC(=O)CN1CCCCCC1=O)NCC1(c2ccccc2)CCC1. The zero-order valence-electron chi connectivity index (χ0n) is 15.7. The quantitative estimate of drug-likeness (QED) is 0.745. The number of ether oxygens (including phenoxy) is 1. The van der Waals surface area contributed by atoms with Crippen molar-refractivity contribution < 1.29 is 19.1 Å². The lowest BCUT2D eigenvalue weighted by Gasteiger charge is -2.42. The summed E-state index contributed by atoms with van der Waals surface area (Å²) in [7, 11) is 0. The third kappa shape index (κ3) is 5.08. The van der Waals surface area contributed by atoms with E-state index in [1.807, 2.05) is 18.2 Å². The van der Waals surface area contributed by atoms with Crippen molar-refractivity contribution in [2.75, 3.05) is 26.2 Å². The zero-order chi connectivity index (χ0) is 19.1. The molecule has 0 bridgehead atoms. The Morgan fingerprint density at radius 1 is 1.07 bits per heavy atom. The molecule has 1 aliphatic carbocycles. The van der Waals surface area contributed by atoms with Crippen molar-refractivity contribution in [2.24, 2.45) is 0 Å². The summed E-state index contributed by atoms with van der Waals surface area (Å²) in [5.41, 5.74) is 1.24. The van der Waals surface area contributed by atoms with Gasteiger partial charge in [-0.1, -0.05) is 43.2 Å². The van der Waals surface area contributed by atoms with Gasteiger partial charge in [0.1, 0.15) is 6.54 Å². The maximum absolute atomic E-state index is 12.1. The Kier molecular flexibility index (Phi) is 6.48. The number of esters is 1. The van der Waals surface area contributed by atoms with Gasteiger partial charge in [0.2, 0.25) is 5.91 Å². The van der Waals surface area contributed by atoms with Gasteiger partial charge in [-0.15, -0.1) is 0 Å². The first kappa shape index (κ1) is 19.4. The molecule has 27 heavy (non-hydrogen) atoms. The van der Waals surface area contributed by atoms with E-state index in [1.165, 1.54) is 10.5 Å². The zero-order valence-corrected chi connectivity index (χ0v) is 15.7. The average Bonchev–Trinajstić information content (AvgIpc) is 2.84. The average molecular weight is 372 g/mol. The van der Waals surface area contributed by atoms with E-state index < -0.39 is 5.97 Å². The van der Waals surface area contributed by atoms with E-state index in [9.17, 15) is 14.4 Å². The lowest BCUT2D eigenvalue weighted by atomic mass is 9.64. The van der Waals surface area contributed by atoms with Gasteiger partial charge in [-0.2, -0.15) is 0 Å². The summed E-state index contributed by atoms with van der Waals surface area (Å²) >= 11 is 0. The van der Waals surface area contributed by atoms with Crippen molar-refractivity contribution in [1.29, 1.82) is 0 Å². The molecule has 1 saturated carbocycles. The minimum absolute atomic E-state index is 0.000596. The molecule has 1 N–H and O–H groups in total. The summed E-state index contributed by atoms with van der Waals surface area (Å²) in [6, 6.07) is 10.2. The predicted octanol–water partition coefficient (Wildman–Crippen LogP) is 2.17. The highest BCUT2D eigenvalue weighted by Crippen LogP contribution is 2.43. The Labute approximate surface area is 160 Å². The number of carbonyl (C=O) groups is 3. The summed E-state index contributed by atoms with van der Waals surface area (Å²) in [5, 5.41) is 2.90. The third-order valence-electron chi connectivity index (χ3n) is 5.68. The Morgan fingerprint density at radius 2 is 1.85 bits per heavy atom. The molecule has 1 aromatic rings. The standard InChI is InChI=1S/C21H28N2O4/c24-18(15-27-20(26)14-23-13-6-2-5-10-19(23)25)22-16-21(11-7-12-21)17-8-3-1-4-9-17/h1,3-4,8-9H,2,5-7,10-16H2,(H,22,24). The second kappa shape index (κ2) is 9.02. The maximum atomic E-state index is 12.1. The molecule has 146 valence electrons. The molecule has 0 spiro atoms. The molecule has 6 heteroatoms. The first-order chi connectivity index (χ1) is 13.1. The van der Waals surface area contributed by atoms with Crippen molar-refractivity contribution in [3.63, 3.8) is 0 Å².